The molecule has 172 valence electrons. The van der Waals surface area contributed by atoms with E-state index in [1.165, 1.54) is 29.2 Å². The van der Waals surface area contributed by atoms with Crippen molar-refractivity contribution < 1.29 is 9.59 Å². The average Bonchev–Trinajstić information content (AvgIpc) is 3.27. The van der Waals surface area contributed by atoms with Crippen molar-refractivity contribution in [3.05, 3.63) is 92.7 Å². The molecule has 10 heteroatoms. The quantitative estimate of drug-likeness (QED) is 0.232. The van der Waals surface area contributed by atoms with Gasteiger partial charge in [0.15, 0.2) is 5.13 Å². The number of rotatable bonds is 7. The number of nitrogens with one attached hydrogen (secondary N) is 2. The maximum Gasteiger partial charge on any atom is 0.257 e. The number of halogens is 3. The lowest BCUT2D eigenvalue weighted by molar-refractivity contribution is -0.113. The Balaban J connectivity index is 1.28. The number of hydrogen-bond donors (Lipinski definition) is 2. The van der Waals surface area contributed by atoms with Crippen molar-refractivity contribution in [3.63, 3.8) is 0 Å². The molecule has 4 aromatic rings. The molecule has 0 saturated heterocycles. The molecule has 0 saturated carbocycles. The Morgan fingerprint density at radius 1 is 0.882 bits per heavy atom. The third-order valence-electron chi connectivity index (χ3n) is 4.55. The van der Waals surface area contributed by atoms with E-state index in [1.54, 1.807) is 36.4 Å². The van der Waals surface area contributed by atoms with Gasteiger partial charge in [-0.1, -0.05) is 46.9 Å². The average molecular weight is 549 g/mol. The lowest BCUT2D eigenvalue weighted by atomic mass is 10.2. The van der Waals surface area contributed by atoms with Gasteiger partial charge in [-0.25, -0.2) is 4.98 Å². The molecule has 0 aliphatic carbocycles. The van der Waals surface area contributed by atoms with E-state index >= 15 is 0 Å². The highest BCUT2D eigenvalue weighted by Crippen LogP contribution is 2.27. The number of anilines is 2. The van der Waals surface area contributed by atoms with Gasteiger partial charge in [0.05, 0.1) is 22.0 Å². The fraction of sp³-hybridized carbons (Fsp3) is 0.0417. The van der Waals surface area contributed by atoms with E-state index in [0.29, 0.717) is 26.4 Å². The van der Waals surface area contributed by atoms with Crippen molar-refractivity contribution in [2.45, 2.75) is 4.90 Å². The van der Waals surface area contributed by atoms with Crippen LogP contribution in [0.15, 0.2) is 77.0 Å². The second kappa shape index (κ2) is 11.3. The summed E-state index contributed by atoms with van der Waals surface area (Å²) < 4.78 is 0. The molecular weight excluding hydrogens is 533 g/mol. The number of thioether (sulfide) groups is 1. The SMILES string of the molecule is O=C(CSc1ccc(NC(=O)c2ccc(Cl)cc2Cl)cc1)Nc1nc(-c2ccc(Cl)cc2)cs1. The largest absolute Gasteiger partial charge is 0.322 e. The van der Waals surface area contributed by atoms with Crippen LogP contribution < -0.4 is 10.6 Å². The van der Waals surface area contributed by atoms with E-state index in [9.17, 15) is 9.59 Å². The molecule has 2 amide bonds. The number of carbonyl (C=O) groups is 2. The number of amides is 2. The van der Waals surface area contributed by atoms with E-state index in [0.717, 1.165) is 16.2 Å². The van der Waals surface area contributed by atoms with Crippen LogP contribution in [0, 0.1) is 0 Å². The summed E-state index contributed by atoms with van der Waals surface area (Å²) in [5.41, 5.74) is 2.66. The highest BCUT2D eigenvalue weighted by molar-refractivity contribution is 8.00. The maximum atomic E-state index is 12.4. The van der Waals surface area contributed by atoms with Gasteiger partial charge in [-0.3, -0.25) is 9.59 Å². The van der Waals surface area contributed by atoms with Gasteiger partial charge in [0.1, 0.15) is 0 Å². The van der Waals surface area contributed by atoms with Gasteiger partial charge in [-0.15, -0.1) is 23.1 Å². The maximum absolute atomic E-state index is 12.4. The minimum absolute atomic E-state index is 0.156. The molecule has 0 aliphatic heterocycles. The van der Waals surface area contributed by atoms with E-state index < -0.39 is 0 Å². The highest BCUT2D eigenvalue weighted by Gasteiger charge is 2.12. The van der Waals surface area contributed by atoms with Crippen molar-refractivity contribution in [3.8, 4) is 11.3 Å². The fourth-order valence-corrected chi connectivity index (χ4v) is 4.95. The molecule has 1 aromatic heterocycles. The van der Waals surface area contributed by atoms with Crippen molar-refractivity contribution in [2.24, 2.45) is 0 Å². The standard InChI is InChI=1S/C24H16Cl3N3O2S2/c25-15-3-1-14(2-4-15)21-12-34-24(29-21)30-22(31)13-33-18-8-6-17(7-9-18)28-23(32)19-10-5-16(26)11-20(19)27/h1-12H,13H2,(H,28,32)(H,29,30,31). The minimum atomic E-state index is -0.331. The Kier molecular flexibility index (Phi) is 8.13. The Morgan fingerprint density at radius 3 is 2.29 bits per heavy atom. The Morgan fingerprint density at radius 2 is 1.59 bits per heavy atom. The summed E-state index contributed by atoms with van der Waals surface area (Å²) in [4.78, 5) is 30.1. The molecule has 1 heterocycles. The normalized spacial score (nSPS) is 10.7. The van der Waals surface area contributed by atoms with E-state index in [4.69, 9.17) is 34.8 Å². The molecule has 0 unspecified atom stereocenters. The summed E-state index contributed by atoms with van der Waals surface area (Å²) in [6.45, 7) is 0. The lowest BCUT2D eigenvalue weighted by Gasteiger charge is -2.08. The number of benzene rings is 3. The minimum Gasteiger partial charge on any atom is -0.322 e. The van der Waals surface area contributed by atoms with Gasteiger partial charge >= 0.3 is 0 Å². The molecule has 0 bridgehead atoms. The van der Waals surface area contributed by atoms with Crippen molar-refractivity contribution in [2.75, 3.05) is 16.4 Å². The van der Waals surface area contributed by atoms with Crippen molar-refractivity contribution in [1.82, 2.24) is 4.98 Å². The zero-order chi connectivity index (χ0) is 24.1. The van der Waals surface area contributed by atoms with Gasteiger partial charge in [0.2, 0.25) is 5.91 Å². The Labute approximate surface area is 219 Å². The van der Waals surface area contributed by atoms with Gasteiger partial charge in [0, 0.05) is 31.6 Å². The summed E-state index contributed by atoms with van der Waals surface area (Å²) >= 11 is 20.6. The highest BCUT2D eigenvalue weighted by atomic mass is 35.5. The van der Waals surface area contributed by atoms with Gasteiger partial charge < -0.3 is 10.6 Å². The summed E-state index contributed by atoms with van der Waals surface area (Å²) in [6, 6.07) is 19.3. The topological polar surface area (TPSA) is 71.1 Å². The molecule has 2 N–H and O–H groups in total. The molecule has 5 nitrogen and oxygen atoms in total. The monoisotopic (exact) mass is 547 g/mol. The third-order valence-corrected chi connectivity index (χ3v) is 7.12. The molecule has 0 atom stereocenters. The first kappa shape index (κ1) is 24.6. The summed E-state index contributed by atoms with van der Waals surface area (Å²) in [5.74, 6) is -0.262. The molecule has 0 radical (unpaired) electrons. The van der Waals surface area contributed by atoms with Crippen molar-refractivity contribution >= 4 is 80.5 Å². The summed E-state index contributed by atoms with van der Waals surface area (Å²) in [6.07, 6.45) is 0. The zero-order valence-electron chi connectivity index (χ0n) is 17.3. The van der Waals surface area contributed by atoms with Crippen LogP contribution in [-0.4, -0.2) is 22.6 Å². The van der Waals surface area contributed by atoms with Gasteiger partial charge in [-0.05, 0) is 54.6 Å². The van der Waals surface area contributed by atoms with Crippen LogP contribution in [0.5, 0.6) is 0 Å². The van der Waals surface area contributed by atoms with E-state index in [2.05, 4.69) is 15.6 Å². The number of nitrogens with zero attached hydrogens (tertiary/aromatic N) is 1. The van der Waals surface area contributed by atoms with Crippen LogP contribution in [0.1, 0.15) is 10.4 Å². The zero-order valence-corrected chi connectivity index (χ0v) is 21.3. The predicted octanol–water partition coefficient (Wildman–Crippen LogP) is 7.75. The molecule has 3 aromatic carbocycles. The van der Waals surface area contributed by atoms with Crippen LogP contribution in [0.3, 0.4) is 0 Å². The number of thiazole rings is 1. The molecule has 34 heavy (non-hydrogen) atoms. The van der Waals surface area contributed by atoms with Crippen LogP contribution in [0.4, 0.5) is 10.8 Å². The number of aromatic nitrogens is 1. The van der Waals surface area contributed by atoms with E-state index in [1.807, 2.05) is 29.6 Å². The molecular formula is C24H16Cl3N3O2S2. The van der Waals surface area contributed by atoms with Crippen LogP contribution >= 0.6 is 57.9 Å². The lowest BCUT2D eigenvalue weighted by Crippen LogP contribution is -2.14. The molecule has 4 rings (SSSR count). The first-order valence-electron chi connectivity index (χ1n) is 9.88. The van der Waals surface area contributed by atoms with Crippen LogP contribution in [0.2, 0.25) is 15.1 Å². The van der Waals surface area contributed by atoms with Crippen LogP contribution in [-0.2, 0) is 4.79 Å². The Hall–Kier alpha value is -2.55. The fourth-order valence-electron chi connectivity index (χ4n) is 2.90. The van der Waals surface area contributed by atoms with Crippen molar-refractivity contribution in [1.29, 1.82) is 0 Å². The van der Waals surface area contributed by atoms with Gasteiger partial charge in [-0.2, -0.15) is 0 Å². The third kappa shape index (κ3) is 6.52. The summed E-state index contributed by atoms with van der Waals surface area (Å²) in [7, 11) is 0. The van der Waals surface area contributed by atoms with Gasteiger partial charge in [0.25, 0.3) is 5.91 Å². The second-order valence-electron chi connectivity index (χ2n) is 6.98. The first-order chi connectivity index (χ1) is 16.4. The predicted molar refractivity (Wildman–Crippen MR) is 143 cm³/mol. The summed E-state index contributed by atoms with van der Waals surface area (Å²) in [5, 5.41) is 9.44. The Bertz CT molecular complexity index is 1330. The number of carbonyl (C=O) groups excluding carboxylic acids is 2. The van der Waals surface area contributed by atoms with Crippen LogP contribution in [0.25, 0.3) is 11.3 Å². The molecule has 0 spiro atoms. The number of hydrogen-bond acceptors (Lipinski definition) is 5. The smallest absolute Gasteiger partial charge is 0.257 e. The first-order valence-corrected chi connectivity index (χ1v) is 12.9. The van der Waals surface area contributed by atoms with E-state index in [-0.39, 0.29) is 22.6 Å². The molecule has 0 fully saturated rings. The molecule has 0 aliphatic rings. The second-order valence-corrected chi connectivity index (χ2v) is 10.2.